The third kappa shape index (κ3) is 3.39. The van der Waals surface area contributed by atoms with Crippen molar-refractivity contribution in [3.63, 3.8) is 0 Å². The summed E-state index contributed by atoms with van der Waals surface area (Å²) in [5.41, 5.74) is 1.34. The molecule has 0 aliphatic carbocycles. The van der Waals surface area contributed by atoms with E-state index in [-0.39, 0.29) is 0 Å². The first-order chi connectivity index (χ1) is 8.83. The molecule has 1 aliphatic rings. The molecule has 3 heteroatoms. The van der Waals surface area contributed by atoms with Crippen molar-refractivity contribution in [1.29, 1.82) is 0 Å². The average molecular weight is 249 g/mol. The molecule has 0 saturated carbocycles. The molecular weight excluding hydrogens is 226 g/mol. The molecule has 1 fully saturated rings. The van der Waals surface area contributed by atoms with Gasteiger partial charge in [0.2, 0.25) is 0 Å². The Morgan fingerprint density at radius 1 is 1.17 bits per heavy atom. The zero-order valence-electron chi connectivity index (χ0n) is 11.4. The fraction of sp³-hybridized carbons (Fsp3) is 0.600. The van der Waals surface area contributed by atoms with E-state index in [1.165, 1.54) is 12.0 Å². The molecule has 1 aromatic rings. The molecule has 1 N–H and O–H groups in total. The predicted molar refractivity (Wildman–Crippen MR) is 73.5 cm³/mol. The van der Waals surface area contributed by atoms with Gasteiger partial charge >= 0.3 is 0 Å². The molecule has 2 rings (SSSR count). The van der Waals surface area contributed by atoms with Crippen LogP contribution in [0.15, 0.2) is 18.2 Å². The molecule has 1 aliphatic heterocycles. The summed E-state index contributed by atoms with van der Waals surface area (Å²) >= 11 is 0. The first-order valence-electron chi connectivity index (χ1n) is 6.92. The van der Waals surface area contributed by atoms with Gasteiger partial charge in [-0.2, -0.15) is 0 Å². The maximum atomic E-state index is 5.65. The van der Waals surface area contributed by atoms with E-state index in [0.717, 1.165) is 36.9 Å². The first kappa shape index (κ1) is 13.2. The molecule has 0 bridgehead atoms. The van der Waals surface area contributed by atoms with Crippen molar-refractivity contribution in [3.8, 4) is 11.5 Å². The second-order valence-corrected chi connectivity index (χ2v) is 4.71. The molecule has 1 saturated heterocycles. The van der Waals surface area contributed by atoms with E-state index in [9.17, 15) is 0 Å². The van der Waals surface area contributed by atoms with Crippen LogP contribution in [-0.4, -0.2) is 26.3 Å². The smallest absolute Gasteiger partial charge is 0.161 e. The average Bonchev–Trinajstić information content (AvgIpc) is 2.86. The highest BCUT2D eigenvalue weighted by molar-refractivity contribution is 5.43. The number of nitrogens with one attached hydrogen (secondary N) is 1. The summed E-state index contributed by atoms with van der Waals surface area (Å²) in [6.07, 6.45) is 2.40. The number of benzene rings is 1. The lowest BCUT2D eigenvalue weighted by atomic mass is 9.98. The summed E-state index contributed by atoms with van der Waals surface area (Å²) in [5.74, 6) is 2.49. The Hall–Kier alpha value is -1.22. The van der Waals surface area contributed by atoms with Gasteiger partial charge in [-0.1, -0.05) is 6.07 Å². The highest BCUT2D eigenvalue weighted by Crippen LogP contribution is 2.30. The van der Waals surface area contributed by atoms with Crippen LogP contribution in [0.5, 0.6) is 11.5 Å². The molecule has 1 unspecified atom stereocenters. The lowest BCUT2D eigenvalue weighted by molar-refractivity contribution is 0.287. The summed E-state index contributed by atoms with van der Waals surface area (Å²) in [6.45, 7) is 7.63. The second kappa shape index (κ2) is 6.64. The van der Waals surface area contributed by atoms with Crippen molar-refractivity contribution < 1.29 is 9.47 Å². The fourth-order valence-corrected chi connectivity index (χ4v) is 2.44. The Balaban J connectivity index is 2.08. The Morgan fingerprint density at radius 3 is 2.61 bits per heavy atom. The van der Waals surface area contributed by atoms with Crippen molar-refractivity contribution >= 4 is 0 Å². The van der Waals surface area contributed by atoms with Crippen molar-refractivity contribution in [1.82, 2.24) is 5.32 Å². The van der Waals surface area contributed by atoms with Gasteiger partial charge in [-0.05, 0) is 63.4 Å². The van der Waals surface area contributed by atoms with Gasteiger partial charge in [0.15, 0.2) is 11.5 Å². The van der Waals surface area contributed by atoms with Crippen LogP contribution in [-0.2, 0) is 6.42 Å². The lowest BCUT2D eigenvalue weighted by Gasteiger charge is -2.14. The van der Waals surface area contributed by atoms with Crippen molar-refractivity contribution in [2.75, 3.05) is 26.3 Å². The molecule has 1 atom stereocenters. The Kier molecular flexibility index (Phi) is 4.88. The largest absolute Gasteiger partial charge is 0.490 e. The lowest BCUT2D eigenvalue weighted by Crippen LogP contribution is -2.11. The van der Waals surface area contributed by atoms with Gasteiger partial charge in [0.1, 0.15) is 0 Å². The molecule has 3 nitrogen and oxygen atoms in total. The summed E-state index contributed by atoms with van der Waals surface area (Å²) < 4.78 is 11.2. The van der Waals surface area contributed by atoms with E-state index in [2.05, 4.69) is 17.4 Å². The zero-order chi connectivity index (χ0) is 12.8. The molecule has 18 heavy (non-hydrogen) atoms. The number of rotatable bonds is 6. The molecule has 0 spiro atoms. The Bertz CT molecular complexity index is 373. The first-order valence-corrected chi connectivity index (χ1v) is 6.92. The highest BCUT2D eigenvalue weighted by atomic mass is 16.5. The summed E-state index contributed by atoms with van der Waals surface area (Å²) in [5, 5.41) is 3.41. The minimum absolute atomic E-state index is 0.673. The van der Waals surface area contributed by atoms with E-state index in [0.29, 0.717) is 13.2 Å². The minimum Gasteiger partial charge on any atom is -0.490 e. The number of hydrogen-bond acceptors (Lipinski definition) is 3. The van der Waals surface area contributed by atoms with Crippen LogP contribution in [0.3, 0.4) is 0 Å². The number of hydrogen-bond donors (Lipinski definition) is 1. The van der Waals surface area contributed by atoms with Gasteiger partial charge in [0.25, 0.3) is 0 Å². The van der Waals surface area contributed by atoms with Crippen molar-refractivity contribution in [3.05, 3.63) is 23.8 Å². The third-order valence-electron chi connectivity index (χ3n) is 3.29. The van der Waals surface area contributed by atoms with Crippen LogP contribution >= 0.6 is 0 Å². The van der Waals surface area contributed by atoms with Crippen LogP contribution in [0.2, 0.25) is 0 Å². The predicted octanol–water partition coefficient (Wildman–Crippen LogP) is 2.64. The molecule has 0 amide bonds. The van der Waals surface area contributed by atoms with Crippen LogP contribution in [0.4, 0.5) is 0 Å². The normalized spacial score (nSPS) is 18.9. The van der Waals surface area contributed by atoms with Crippen LogP contribution in [0.25, 0.3) is 0 Å². The maximum absolute atomic E-state index is 5.65. The van der Waals surface area contributed by atoms with E-state index >= 15 is 0 Å². The molecule has 100 valence electrons. The third-order valence-corrected chi connectivity index (χ3v) is 3.29. The van der Waals surface area contributed by atoms with Crippen molar-refractivity contribution in [2.45, 2.75) is 26.7 Å². The van der Waals surface area contributed by atoms with Gasteiger partial charge in [-0.25, -0.2) is 0 Å². The summed E-state index contributed by atoms with van der Waals surface area (Å²) in [4.78, 5) is 0. The molecule has 0 radical (unpaired) electrons. The quantitative estimate of drug-likeness (QED) is 0.840. The molecule has 1 heterocycles. The molecule has 0 aromatic heterocycles. The van der Waals surface area contributed by atoms with Gasteiger partial charge in [-0.3, -0.25) is 0 Å². The Morgan fingerprint density at radius 2 is 1.94 bits per heavy atom. The fourth-order valence-electron chi connectivity index (χ4n) is 2.44. The SMILES string of the molecule is CCOc1ccc(CC2CCNC2)cc1OCC. The summed E-state index contributed by atoms with van der Waals surface area (Å²) in [6, 6.07) is 6.32. The van der Waals surface area contributed by atoms with E-state index < -0.39 is 0 Å². The standard InChI is InChI=1S/C15H23NO2/c1-3-17-14-6-5-12(10-15(14)18-4-2)9-13-7-8-16-11-13/h5-6,10,13,16H,3-4,7-9,11H2,1-2H3. The van der Waals surface area contributed by atoms with Gasteiger partial charge in [0, 0.05) is 0 Å². The van der Waals surface area contributed by atoms with Crippen LogP contribution in [0, 0.1) is 5.92 Å². The molecule has 1 aromatic carbocycles. The Labute approximate surface area is 109 Å². The van der Waals surface area contributed by atoms with E-state index in [4.69, 9.17) is 9.47 Å². The van der Waals surface area contributed by atoms with Gasteiger partial charge < -0.3 is 14.8 Å². The highest BCUT2D eigenvalue weighted by Gasteiger charge is 2.16. The van der Waals surface area contributed by atoms with Gasteiger partial charge in [-0.15, -0.1) is 0 Å². The topological polar surface area (TPSA) is 30.5 Å². The minimum atomic E-state index is 0.673. The van der Waals surface area contributed by atoms with Gasteiger partial charge in [0.05, 0.1) is 13.2 Å². The van der Waals surface area contributed by atoms with Crippen LogP contribution in [0.1, 0.15) is 25.8 Å². The monoisotopic (exact) mass is 249 g/mol. The second-order valence-electron chi connectivity index (χ2n) is 4.71. The van der Waals surface area contributed by atoms with E-state index in [1.807, 2.05) is 19.9 Å². The molecular formula is C15H23NO2. The summed E-state index contributed by atoms with van der Waals surface area (Å²) in [7, 11) is 0. The number of ether oxygens (including phenoxy) is 2. The van der Waals surface area contributed by atoms with Crippen LogP contribution < -0.4 is 14.8 Å². The van der Waals surface area contributed by atoms with E-state index in [1.54, 1.807) is 0 Å². The van der Waals surface area contributed by atoms with Crippen molar-refractivity contribution in [2.24, 2.45) is 5.92 Å². The maximum Gasteiger partial charge on any atom is 0.161 e. The zero-order valence-corrected chi connectivity index (χ0v) is 11.4.